The highest BCUT2D eigenvalue weighted by Gasteiger charge is 2.16. The Balaban J connectivity index is 1.08. The zero-order valence-electron chi connectivity index (χ0n) is 25.6. The van der Waals surface area contributed by atoms with Gasteiger partial charge in [-0.2, -0.15) is 0 Å². The van der Waals surface area contributed by atoms with Crippen molar-refractivity contribution in [3.05, 3.63) is 157 Å². The van der Waals surface area contributed by atoms with E-state index < -0.39 is 0 Å². The molecule has 47 heavy (non-hydrogen) atoms. The second-order valence-electron chi connectivity index (χ2n) is 12.0. The topological polar surface area (TPSA) is 51.8 Å². The molecule has 0 atom stereocenters. The van der Waals surface area contributed by atoms with Gasteiger partial charge in [0.2, 0.25) is 0 Å². The second-order valence-corrected chi connectivity index (χ2v) is 12.0. The van der Waals surface area contributed by atoms with E-state index in [9.17, 15) is 0 Å². The maximum Gasteiger partial charge on any atom is 0.164 e. The number of aromatic nitrogens is 3. The standard InChI is InChI=1S/C43H29N3O/c1-3-11-31(12-4-1)41-44-42(32-13-5-2-6-14-32)46-43(45-41)34-23-25-38-37-24-22-33(26-39(37)47-40(38)27-34)28-18-20-30(21-19-28)36-17-9-15-29-10-7-8-16-35(29)36/h1-7,9-15,17-27H,8,16H2. The average Bonchev–Trinajstić information content (AvgIpc) is 3.52. The minimum absolute atomic E-state index is 0.608. The van der Waals surface area contributed by atoms with Gasteiger partial charge in [0.25, 0.3) is 0 Å². The molecular weight excluding hydrogens is 574 g/mol. The third kappa shape index (κ3) is 5.01. The molecule has 0 spiro atoms. The molecular formula is C43H29N3O. The molecule has 2 aromatic heterocycles. The first-order valence-electron chi connectivity index (χ1n) is 16.0. The van der Waals surface area contributed by atoms with E-state index in [2.05, 4.69) is 84.9 Å². The smallest absolute Gasteiger partial charge is 0.164 e. The van der Waals surface area contributed by atoms with Gasteiger partial charge in [0, 0.05) is 27.5 Å². The van der Waals surface area contributed by atoms with Crippen molar-refractivity contribution in [1.29, 1.82) is 0 Å². The van der Waals surface area contributed by atoms with E-state index in [1.165, 1.54) is 22.3 Å². The average molecular weight is 604 g/mol. The third-order valence-electron chi connectivity index (χ3n) is 9.03. The van der Waals surface area contributed by atoms with Crippen LogP contribution in [0.1, 0.15) is 17.5 Å². The van der Waals surface area contributed by atoms with E-state index in [0.717, 1.165) is 62.6 Å². The Labute approximate surface area is 272 Å². The van der Waals surface area contributed by atoms with Gasteiger partial charge in [-0.3, -0.25) is 0 Å². The van der Waals surface area contributed by atoms with Crippen LogP contribution in [0.25, 0.3) is 84.4 Å². The number of fused-ring (bicyclic) bond motifs is 4. The summed E-state index contributed by atoms with van der Waals surface area (Å²) in [7, 11) is 0. The zero-order chi connectivity index (χ0) is 31.2. The number of hydrogen-bond acceptors (Lipinski definition) is 4. The number of allylic oxidation sites excluding steroid dienone is 1. The summed E-state index contributed by atoms with van der Waals surface area (Å²) < 4.78 is 6.48. The van der Waals surface area contributed by atoms with Gasteiger partial charge in [-0.25, -0.2) is 15.0 Å². The summed E-state index contributed by atoms with van der Waals surface area (Å²) in [6, 6.07) is 48.3. The predicted octanol–water partition coefficient (Wildman–Crippen LogP) is 11.1. The highest BCUT2D eigenvalue weighted by Crippen LogP contribution is 2.36. The van der Waals surface area contributed by atoms with Crippen LogP contribution >= 0.6 is 0 Å². The van der Waals surface area contributed by atoms with Crippen molar-refractivity contribution in [1.82, 2.24) is 15.0 Å². The SMILES string of the molecule is C1=Cc2cccc(-c3ccc(-c4ccc5c(c4)oc4cc(-c6nc(-c7ccccc7)nc(-c7ccccc7)n6)ccc45)cc3)c2CC1. The first kappa shape index (κ1) is 27.2. The number of nitrogens with zero attached hydrogens (tertiary/aromatic N) is 3. The Kier molecular flexibility index (Phi) is 6.57. The summed E-state index contributed by atoms with van der Waals surface area (Å²) >= 11 is 0. The van der Waals surface area contributed by atoms with Crippen LogP contribution in [-0.2, 0) is 6.42 Å². The van der Waals surface area contributed by atoms with Crippen LogP contribution in [0.2, 0.25) is 0 Å². The van der Waals surface area contributed by atoms with E-state index in [-0.39, 0.29) is 0 Å². The lowest BCUT2D eigenvalue weighted by atomic mass is 9.89. The van der Waals surface area contributed by atoms with Crippen LogP contribution in [0, 0.1) is 0 Å². The summed E-state index contributed by atoms with van der Waals surface area (Å²) in [6.07, 6.45) is 6.70. The van der Waals surface area contributed by atoms with Gasteiger partial charge in [-0.1, -0.05) is 127 Å². The van der Waals surface area contributed by atoms with Crippen LogP contribution in [-0.4, -0.2) is 15.0 Å². The molecule has 6 aromatic carbocycles. The summed E-state index contributed by atoms with van der Waals surface area (Å²) in [4.78, 5) is 14.6. The lowest BCUT2D eigenvalue weighted by Gasteiger charge is -2.16. The largest absolute Gasteiger partial charge is 0.456 e. The summed E-state index contributed by atoms with van der Waals surface area (Å²) in [5.74, 6) is 1.88. The Morgan fingerprint density at radius 1 is 0.447 bits per heavy atom. The van der Waals surface area contributed by atoms with Crippen molar-refractivity contribution in [2.45, 2.75) is 12.8 Å². The van der Waals surface area contributed by atoms with E-state index in [1.54, 1.807) is 0 Å². The van der Waals surface area contributed by atoms with Gasteiger partial charge in [0.05, 0.1) is 0 Å². The van der Waals surface area contributed by atoms with Crippen LogP contribution in [0.4, 0.5) is 0 Å². The van der Waals surface area contributed by atoms with Gasteiger partial charge in [0.15, 0.2) is 17.5 Å². The van der Waals surface area contributed by atoms with E-state index in [4.69, 9.17) is 19.4 Å². The maximum atomic E-state index is 6.48. The van der Waals surface area contributed by atoms with Gasteiger partial charge >= 0.3 is 0 Å². The highest BCUT2D eigenvalue weighted by molar-refractivity contribution is 6.06. The number of rotatable bonds is 5. The molecule has 4 nitrogen and oxygen atoms in total. The zero-order valence-corrected chi connectivity index (χ0v) is 25.6. The lowest BCUT2D eigenvalue weighted by Crippen LogP contribution is -2.00. The fourth-order valence-corrected chi connectivity index (χ4v) is 6.62. The van der Waals surface area contributed by atoms with Crippen molar-refractivity contribution in [2.24, 2.45) is 0 Å². The molecule has 0 radical (unpaired) electrons. The van der Waals surface area contributed by atoms with Crippen LogP contribution in [0.3, 0.4) is 0 Å². The Morgan fingerprint density at radius 2 is 1.00 bits per heavy atom. The van der Waals surface area contributed by atoms with Gasteiger partial charge in [-0.05, 0) is 70.5 Å². The third-order valence-corrected chi connectivity index (χ3v) is 9.03. The molecule has 9 rings (SSSR count). The fraction of sp³-hybridized carbons (Fsp3) is 0.0465. The van der Waals surface area contributed by atoms with Gasteiger partial charge < -0.3 is 4.42 Å². The summed E-state index contributed by atoms with van der Waals surface area (Å²) in [5.41, 5.74) is 12.1. The van der Waals surface area contributed by atoms with Crippen LogP contribution < -0.4 is 0 Å². The fourth-order valence-electron chi connectivity index (χ4n) is 6.62. The molecule has 0 aliphatic heterocycles. The maximum absolute atomic E-state index is 6.48. The molecule has 0 saturated heterocycles. The molecule has 0 N–H and O–H groups in total. The molecule has 222 valence electrons. The normalized spacial score (nSPS) is 12.4. The Hall–Kier alpha value is -6.13. The number of furan rings is 1. The van der Waals surface area contributed by atoms with Crippen LogP contribution in [0.5, 0.6) is 0 Å². The van der Waals surface area contributed by atoms with E-state index >= 15 is 0 Å². The molecule has 0 amide bonds. The first-order chi connectivity index (χ1) is 23.3. The van der Waals surface area contributed by atoms with Crippen molar-refractivity contribution >= 4 is 28.0 Å². The molecule has 0 fully saturated rings. The summed E-state index contributed by atoms with van der Waals surface area (Å²) in [5, 5.41) is 2.15. The summed E-state index contributed by atoms with van der Waals surface area (Å²) in [6.45, 7) is 0. The minimum atomic E-state index is 0.608. The highest BCUT2D eigenvalue weighted by atomic mass is 16.3. The molecule has 4 heteroatoms. The molecule has 2 heterocycles. The molecule has 0 unspecified atom stereocenters. The molecule has 0 saturated carbocycles. The number of benzene rings is 6. The number of hydrogen-bond donors (Lipinski definition) is 0. The lowest BCUT2D eigenvalue weighted by molar-refractivity contribution is 0.669. The molecule has 8 aromatic rings. The van der Waals surface area contributed by atoms with Crippen LogP contribution in [0.15, 0.2) is 150 Å². The van der Waals surface area contributed by atoms with Gasteiger partial charge in [0.1, 0.15) is 11.2 Å². The van der Waals surface area contributed by atoms with Crippen molar-refractivity contribution in [3.8, 4) is 56.4 Å². The molecule has 0 bridgehead atoms. The second kappa shape index (κ2) is 11.3. The molecule has 1 aliphatic carbocycles. The van der Waals surface area contributed by atoms with Crippen molar-refractivity contribution in [2.75, 3.05) is 0 Å². The molecule has 1 aliphatic rings. The van der Waals surface area contributed by atoms with Gasteiger partial charge in [-0.15, -0.1) is 0 Å². The quantitative estimate of drug-likeness (QED) is 0.196. The van der Waals surface area contributed by atoms with Crippen molar-refractivity contribution in [3.63, 3.8) is 0 Å². The van der Waals surface area contributed by atoms with Crippen molar-refractivity contribution < 1.29 is 4.42 Å². The predicted molar refractivity (Wildman–Crippen MR) is 192 cm³/mol. The monoisotopic (exact) mass is 603 g/mol. The van der Waals surface area contributed by atoms with E-state index in [0.29, 0.717) is 17.5 Å². The minimum Gasteiger partial charge on any atom is -0.456 e. The van der Waals surface area contributed by atoms with E-state index in [1.807, 2.05) is 66.7 Å². The Bertz CT molecular complexity index is 2390. The Morgan fingerprint density at radius 3 is 1.66 bits per heavy atom. The first-order valence-corrected chi connectivity index (χ1v) is 16.0.